The van der Waals surface area contributed by atoms with Crippen molar-refractivity contribution in [3.63, 3.8) is 0 Å². The molecule has 0 atom stereocenters. The molecular formula is C8H15FS. The van der Waals surface area contributed by atoms with Gasteiger partial charge in [0, 0.05) is 0 Å². The van der Waals surface area contributed by atoms with Crippen LogP contribution in [0, 0.1) is 5.41 Å². The van der Waals surface area contributed by atoms with E-state index < -0.39 is 6.17 Å². The Balaban J connectivity index is 2.32. The molecule has 2 heteroatoms. The molecule has 1 saturated carbocycles. The molecule has 0 spiro atoms. The van der Waals surface area contributed by atoms with Crippen LogP contribution in [0.5, 0.6) is 0 Å². The normalized spacial score (nSPS) is 39.3. The first-order valence-corrected chi connectivity index (χ1v) is 5.25. The van der Waals surface area contributed by atoms with Gasteiger partial charge in [-0.05, 0) is 36.7 Å². The summed E-state index contributed by atoms with van der Waals surface area (Å²) in [6, 6.07) is 0. The van der Waals surface area contributed by atoms with Crippen LogP contribution < -0.4 is 0 Å². The van der Waals surface area contributed by atoms with E-state index in [4.69, 9.17) is 0 Å². The van der Waals surface area contributed by atoms with Crippen LogP contribution in [0.3, 0.4) is 0 Å². The third-order valence-electron chi connectivity index (χ3n) is 2.51. The van der Waals surface area contributed by atoms with Crippen LogP contribution in [0.25, 0.3) is 0 Å². The third kappa shape index (κ3) is 1.47. The summed E-state index contributed by atoms with van der Waals surface area (Å²) in [4.78, 5) is 0. The maximum Gasteiger partial charge on any atom is 0.101 e. The molecule has 0 nitrogen and oxygen atoms in total. The van der Waals surface area contributed by atoms with Crippen molar-refractivity contribution >= 4 is 11.8 Å². The summed E-state index contributed by atoms with van der Waals surface area (Å²) in [6.45, 7) is 2.17. The van der Waals surface area contributed by atoms with Gasteiger partial charge in [0.05, 0.1) is 0 Å². The van der Waals surface area contributed by atoms with Crippen LogP contribution >= 0.6 is 11.8 Å². The van der Waals surface area contributed by atoms with Gasteiger partial charge in [-0.3, -0.25) is 0 Å². The maximum absolute atomic E-state index is 12.5. The first-order valence-electron chi connectivity index (χ1n) is 3.85. The van der Waals surface area contributed by atoms with Gasteiger partial charge >= 0.3 is 0 Å². The minimum Gasteiger partial charge on any atom is -0.247 e. The van der Waals surface area contributed by atoms with Gasteiger partial charge in [0.1, 0.15) is 6.17 Å². The highest BCUT2D eigenvalue weighted by Gasteiger charge is 2.42. The van der Waals surface area contributed by atoms with Crippen LogP contribution in [-0.2, 0) is 0 Å². The van der Waals surface area contributed by atoms with E-state index in [2.05, 4.69) is 13.2 Å². The molecule has 1 fully saturated rings. The van der Waals surface area contributed by atoms with E-state index >= 15 is 0 Å². The fourth-order valence-corrected chi connectivity index (χ4v) is 2.75. The minimum absolute atomic E-state index is 0.374. The fourth-order valence-electron chi connectivity index (χ4n) is 1.69. The Kier molecular flexibility index (Phi) is 2.61. The second-order valence-corrected chi connectivity index (χ2v) is 4.16. The van der Waals surface area contributed by atoms with Gasteiger partial charge in [0.25, 0.3) is 0 Å². The minimum atomic E-state index is -0.493. The number of alkyl halides is 1. The second kappa shape index (κ2) is 3.12. The lowest BCUT2D eigenvalue weighted by molar-refractivity contribution is 0.0433. The molecule has 0 heterocycles. The van der Waals surface area contributed by atoms with Crippen molar-refractivity contribution in [3.8, 4) is 0 Å². The molecule has 0 unspecified atom stereocenters. The molecule has 60 valence electrons. The lowest BCUT2D eigenvalue weighted by Crippen LogP contribution is -2.40. The standard InChI is InChI=1S/C8H15FS/c1-3-8(6-10-2)4-7(9)5-8/h7H,3-6H2,1-2H3. The third-order valence-corrected chi connectivity index (χ3v) is 3.41. The van der Waals surface area contributed by atoms with Crippen LogP contribution in [-0.4, -0.2) is 18.2 Å². The smallest absolute Gasteiger partial charge is 0.101 e. The summed E-state index contributed by atoms with van der Waals surface area (Å²) in [5, 5.41) is 0. The van der Waals surface area contributed by atoms with Crippen molar-refractivity contribution < 1.29 is 4.39 Å². The van der Waals surface area contributed by atoms with E-state index in [1.807, 2.05) is 11.8 Å². The second-order valence-electron chi connectivity index (χ2n) is 3.29. The number of hydrogen-bond donors (Lipinski definition) is 0. The Hall–Kier alpha value is 0.280. The van der Waals surface area contributed by atoms with Gasteiger partial charge < -0.3 is 0 Å². The van der Waals surface area contributed by atoms with Gasteiger partial charge in [0.15, 0.2) is 0 Å². The molecule has 0 amide bonds. The van der Waals surface area contributed by atoms with Gasteiger partial charge in [-0.2, -0.15) is 11.8 Å². The average Bonchev–Trinajstić information content (AvgIpc) is 1.84. The van der Waals surface area contributed by atoms with Crippen LogP contribution in [0.2, 0.25) is 0 Å². The fraction of sp³-hybridized carbons (Fsp3) is 1.00. The summed E-state index contributed by atoms with van der Waals surface area (Å²) in [7, 11) is 0. The Morgan fingerprint density at radius 2 is 2.20 bits per heavy atom. The molecule has 0 aromatic carbocycles. The summed E-state index contributed by atoms with van der Waals surface area (Å²) >= 11 is 1.84. The number of halogens is 1. The Bertz CT molecular complexity index is 102. The van der Waals surface area contributed by atoms with E-state index in [1.54, 1.807) is 0 Å². The zero-order chi connectivity index (χ0) is 7.61. The van der Waals surface area contributed by atoms with Crippen molar-refractivity contribution in [2.45, 2.75) is 32.4 Å². The van der Waals surface area contributed by atoms with E-state index in [0.717, 1.165) is 25.0 Å². The Labute approximate surface area is 66.6 Å². The monoisotopic (exact) mass is 162 g/mol. The van der Waals surface area contributed by atoms with Gasteiger partial charge in [-0.15, -0.1) is 0 Å². The topological polar surface area (TPSA) is 0 Å². The van der Waals surface area contributed by atoms with Gasteiger partial charge in [0.2, 0.25) is 0 Å². The first-order chi connectivity index (χ1) is 4.72. The summed E-state index contributed by atoms with van der Waals surface area (Å²) < 4.78 is 12.5. The quantitative estimate of drug-likeness (QED) is 0.615. The number of hydrogen-bond acceptors (Lipinski definition) is 1. The Morgan fingerprint density at radius 1 is 1.60 bits per heavy atom. The highest BCUT2D eigenvalue weighted by Crippen LogP contribution is 2.47. The Morgan fingerprint density at radius 3 is 2.50 bits per heavy atom. The molecule has 0 bridgehead atoms. The molecule has 1 rings (SSSR count). The number of thioether (sulfide) groups is 1. The lowest BCUT2D eigenvalue weighted by atomic mass is 9.67. The number of rotatable bonds is 3. The van der Waals surface area contributed by atoms with E-state index in [0.29, 0.717) is 5.41 Å². The van der Waals surface area contributed by atoms with E-state index in [1.165, 1.54) is 0 Å². The molecule has 0 saturated heterocycles. The lowest BCUT2D eigenvalue weighted by Gasteiger charge is -2.43. The highest BCUT2D eigenvalue weighted by molar-refractivity contribution is 7.98. The predicted molar refractivity (Wildman–Crippen MR) is 45.2 cm³/mol. The molecule has 0 radical (unpaired) electrons. The van der Waals surface area contributed by atoms with Crippen LogP contribution in [0.4, 0.5) is 4.39 Å². The van der Waals surface area contributed by atoms with E-state index in [-0.39, 0.29) is 0 Å². The van der Waals surface area contributed by atoms with Crippen molar-refractivity contribution in [1.29, 1.82) is 0 Å². The zero-order valence-electron chi connectivity index (χ0n) is 6.69. The summed E-state index contributed by atoms with van der Waals surface area (Å²) in [5.74, 6) is 1.14. The molecule has 1 aliphatic rings. The van der Waals surface area contributed by atoms with Crippen LogP contribution in [0.1, 0.15) is 26.2 Å². The summed E-state index contributed by atoms with van der Waals surface area (Å²) in [6.07, 6.45) is 4.37. The summed E-state index contributed by atoms with van der Waals surface area (Å²) in [5.41, 5.74) is 0.374. The molecular weight excluding hydrogens is 147 g/mol. The van der Waals surface area contributed by atoms with Crippen molar-refractivity contribution in [2.75, 3.05) is 12.0 Å². The van der Waals surface area contributed by atoms with E-state index in [9.17, 15) is 4.39 Å². The van der Waals surface area contributed by atoms with Gasteiger partial charge in [-0.1, -0.05) is 6.92 Å². The maximum atomic E-state index is 12.5. The molecule has 0 aliphatic heterocycles. The molecule has 0 aromatic heterocycles. The van der Waals surface area contributed by atoms with Gasteiger partial charge in [-0.25, -0.2) is 4.39 Å². The average molecular weight is 162 g/mol. The molecule has 10 heavy (non-hydrogen) atoms. The predicted octanol–water partition coefficient (Wildman–Crippen LogP) is 2.88. The zero-order valence-corrected chi connectivity index (χ0v) is 7.51. The van der Waals surface area contributed by atoms with Crippen molar-refractivity contribution in [3.05, 3.63) is 0 Å². The van der Waals surface area contributed by atoms with Crippen molar-refractivity contribution in [1.82, 2.24) is 0 Å². The largest absolute Gasteiger partial charge is 0.247 e. The van der Waals surface area contributed by atoms with Crippen molar-refractivity contribution in [2.24, 2.45) is 5.41 Å². The highest BCUT2D eigenvalue weighted by atomic mass is 32.2. The molecule has 1 aliphatic carbocycles. The van der Waals surface area contributed by atoms with Crippen LogP contribution in [0.15, 0.2) is 0 Å². The molecule has 0 N–H and O–H groups in total. The molecule has 0 aromatic rings. The first kappa shape index (κ1) is 8.38. The SMILES string of the molecule is CCC1(CSC)CC(F)C1.